The number of fused-ring (bicyclic) bond motifs is 1. The molecule has 2 aromatic carbocycles. The monoisotopic (exact) mass is 240 g/mol. The van der Waals surface area contributed by atoms with Crippen molar-refractivity contribution in [3.63, 3.8) is 0 Å². The maximum atomic E-state index is 12.9. The van der Waals surface area contributed by atoms with Crippen LogP contribution in [-0.4, -0.2) is 5.78 Å². The van der Waals surface area contributed by atoms with Crippen molar-refractivity contribution in [1.29, 1.82) is 0 Å². The Balaban J connectivity index is 1.97. The van der Waals surface area contributed by atoms with Gasteiger partial charge in [0.15, 0.2) is 5.78 Å². The summed E-state index contributed by atoms with van der Waals surface area (Å²) in [5.74, 6) is -0.230. The fourth-order valence-electron chi connectivity index (χ4n) is 2.61. The third-order valence-corrected chi connectivity index (χ3v) is 3.57. The zero-order valence-corrected chi connectivity index (χ0v) is 9.90. The Morgan fingerprint density at radius 3 is 2.50 bits per heavy atom. The van der Waals surface area contributed by atoms with Gasteiger partial charge in [0.1, 0.15) is 5.82 Å². The lowest BCUT2D eigenvalue weighted by Crippen LogP contribution is -2.20. The van der Waals surface area contributed by atoms with E-state index in [2.05, 4.69) is 0 Å². The number of aryl methyl sites for hydroxylation is 1. The van der Waals surface area contributed by atoms with Gasteiger partial charge < -0.3 is 0 Å². The van der Waals surface area contributed by atoms with Crippen LogP contribution in [0.3, 0.4) is 0 Å². The molecule has 0 radical (unpaired) electrons. The van der Waals surface area contributed by atoms with Crippen molar-refractivity contribution in [2.24, 2.45) is 0 Å². The molecule has 0 saturated carbocycles. The summed E-state index contributed by atoms with van der Waals surface area (Å²) in [5.41, 5.74) is 2.86. The second-order valence-corrected chi connectivity index (χ2v) is 4.66. The molecule has 0 amide bonds. The van der Waals surface area contributed by atoms with Crippen molar-refractivity contribution in [3.8, 4) is 0 Å². The Morgan fingerprint density at radius 1 is 1.00 bits per heavy atom. The van der Waals surface area contributed by atoms with E-state index in [9.17, 15) is 9.18 Å². The van der Waals surface area contributed by atoms with E-state index in [1.165, 1.54) is 12.1 Å². The smallest absolute Gasteiger partial charge is 0.170 e. The van der Waals surface area contributed by atoms with Crippen molar-refractivity contribution in [1.82, 2.24) is 0 Å². The van der Waals surface area contributed by atoms with Gasteiger partial charge in [0.25, 0.3) is 0 Å². The molecule has 0 fully saturated rings. The van der Waals surface area contributed by atoms with Gasteiger partial charge in [-0.3, -0.25) is 4.79 Å². The van der Waals surface area contributed by atoms with Crippen LogP contribution in [-0.2, 0) is 6.42 Å². The van der Waals surface area contributed by atoms with Crippen molar-refractivity contribution in [2.75, 3.05) is 0 Å². The highest BCUT2D eigenvalue weighted by molar-refractivity contribution is 6.03. The third kappa shape index (κ3) is 1.84. The first-order valence-electron chi connectivity index (χ1n) is 6.13. The Hall–Kier alpha value is -1.96. The number of carbonyl (C=O) groups is 1. The van der Waals surface area contributed by atoms with Crippen molar-refractivity contribution >= 4 is 5.78 Å². The Labute approximate surface area is 105 Å². The van der Waals surface area contributed by atoms with Crippen LogP contribution in [0.25, 0.3) is 0 Å². The normalized spacial score (nSPS) is 18.5. The van der Waals surface area contributed by atoms with Crippen LogP contribution in [0, 0.1) is 5.82 Å². The highest BCUT2D eigenvalue weighted by Crippen LogP contribution is 2.32. The number of rotatable bonds is 1. The Morgan fingerprint density at radius 2 is 1.72 bits per heavy atom. The van der Waals surface area contributed by atoms with Gasteiger partial charge in [-0.15, -0.1) is 0 Å². The Bertz CT molecular complexity index is 586. The molecule has 1 aliphatic rings. The van der Waals surface area contributed by atoms with Gasteiger partial charge in [0.2, 0.25) is 0 Å². The summed E-state index contributed by atoms with van der Waals surface area (Å²) >= 11 is 0. The molecule has 0 aromatic heterocycles. The van der Waals surface area contributed by atoms with Gasteiger partial charge in [0.05, 0.1) is 0 Å². The third-order valence-electron chi connectivity index (χ3n) is 3.57. The molecule has 0 aliphatic heterocycles. The average Bonchev–Trinajstić information content (AvgIpc) is 2.41. The number of Topliss-reactive ketones (excluding diaryl/α,β-unsaturated/α-hetero) is 1. The van der Waals surface area contributed by atoms with E-state index in [4.69, 9.17) is 0 Å². The second kappa shape index (κ2) is 4.37. The quantitative estimate of drug-likeness (QED) is 0.742. The maximum absolute atomic E-state index is 12.9. The number of halogens is 1. The predicted molar refractivity (Wildman–Crippen MR) is 68.2 cm³/mol. The summed E-state index contributed by atoms with van der Waals surface area (Å²) in [6.07, 6.45) is 1.71. The van der Waals surface area contributed by atoms with E-state index in [1.54, 1.807) is 12.1 Å². The van der Waals surface area contributed by atoms with E-state index in [0.717, 1.165) is 29.5 Å². The average molecular weight is 240 g/mol. The van der Waals surface area contributed by atoms with Gasteiger partial charge >= 0.3 is 0 Å². The molecule has 2 heteroatoms. The first kappa shape index (κ1) is 11.1. The van der Waals surface area contributed by atoms with Gasteiger partial charge in [-0.25, -0.2) is 4.39 Å². The van der Waals surface area contributed by atoms with Gasteiger partial charge in [-0.05, 0) is 36.1 Å². The number of carbonyl (C=O) groups excluding carboxylic acids is 1. The van der Waals surface area contributed by atoms with E-state index < -0.39 is 0 Å². The van der Waals surface area contributed by atoms with Gasteiger partial charge in [-0.1, -0.05) is 36.4 Å². The lowest BCUT2D eigenvalue weighted by molar-refractivity contribution is 0.0946. The summed E-state index contributed by atoms with van der Waals surface area (Å²) < 4.78 is 12.9. The molecule has 0 N–H and O–H groups in total. The largest absolute Gasteiger partial charge is 0.293 e. The molecule has 0 spiro atoms. The Kier molecular flexibility index (Phi) is 2.71. The van der Waals surface area contributed by atoms with Crippen molar-refractivity contribution in [3.05, 3.63) is 71.0 Å². The molecule has 0 saturated heterocycles. The highest BCUT2D eigenvalue weighted by Gasteiger charge is 2.27. The van der Waals surface area contributed by atoms with E-state index in [-0.39, 0.29) is 17.5 Å². The van der Waals surface area contributed by atoms with Crippen LogP contribution in [0.4, 0.5) is 4.39 Å². The molecule has 1 atom stereocenters. The zero-order chi connectivity index (χ0) is 12.5. The molecule has 90 valence electrons. The summed E-state index contributed by atoms with van der Waals surface area (Å²) in [5, 5.41) is 0. The van der Waals surface area contributed by atoms with Crippen LogP contribution in [0.5, 0.6) is 0 Å². The number of ketones is 1. The van der Waals surface area contributed by atoms with Gasteiger partial charge in [-0.2, -0.15) is 0 Å². The van der Waals surface area contributed by atoms with Crippen LogP contribution >= 0.6 is 0 Å². The van der Waals surface area contributed by atoms with Crippen molar-refractivity contribution < 1.29 is 9.18 Å². The fraction of sp³-hybridized carbons (Fsp3) is 0.188. The molecular formula is C16H13FO. The summed E-state index contributed by atoms with van der Waals surface area (Å²) in [6, 6.07) is 14.0. The topological polar surface area (TPSA) is 17.1 Å². The van der Waals surface area contributed by atoms with E-state index in [1.807, 2.05) is 24.3 Å². The number of hydrogen-bond acceptors (Lipinski definition) is 1. The molecule has 1 nitrogen and oxygen atoms in total. The predicted octanol–water partition coefficient (Wildman–Crippen LogP) is 3.74. The van der Waals surface area contributed by atoms with Crippen LogP contribution in [0.1, 0.15) is 33.8 Å². The fourth-order valence-corrected chi connectivity index (χ4v) is 2.61. The SMILES string of the molecule is O=C1c2ccccc2CCC1c1ccc(F)cc1. The maximum Gasteiger partial charge on any atom is 0.170 e. The van der Waals surface area contributed by atoms with Crippen LogP contribution in [0.15, 0.2) is 48.5 Å². The molecule has 3 rings (SSSR count). The molecule has 0 heterocycles. The molecular weight excluding hydrogens is 227 g/mol. The molecule has 1 aliphatic carbocycles. The minimum absolute atomic E-state index is 0.125. The second-order valence-electron chi connectivity index (χ2n) is 4.66. The molecule has 2 aromatic rings. The molecule has 1 unspecified atom stereocenters. The minimum atomic E-state index is -0.262. The summed E-state index contributed by atoms with van der Waals surface area (Å²) in [7, 11) is 0. The molecule has 18 heavy (non-hydrogen) atoms. The first-order chi connectivity index (χ1) is 8.75. The van der Waals surface area contributed by atoms with Crippen LogP contribution < -0.4 is 0 Å². The van der Waals surface area contributed by atoms with E-state index in [0.29, 0.717) is 0 Å². The van der Waals surface area contributed by atoms with E-state index >= 15 is 0 Å². The number of benzene rings is 2. The van der Waals surface area contributed by atoms with Crippen molar-refractivity contribution in [2.45, 2.75) is 18.8 Å². The van der Waals surface area contributed by atoms with Crippen LogP contribution in [0.2, 0.25) is 0 Å². The lowest BCUT2D eigenvalue weighted by atomic mass is 9.79. The van der Waals surface area contributed by atoms with Gasteiger partial charge in [0, 0.05) is 11.5 Å². The standard InChI is InChI=1S/C16H13FO/c17-13-8-5-12(6-9-13)15-10-7-11-3-1-2-4-14(11)16(15)18/h1-6,8-9,15H,7,10H2. The summed E-state index contributed by atoms with van der Waals surface area (Å²) in [6.45, 7) is 0. The molecule has 0 bridgehead atoms. The lowest BCUT2D eigenvalue weighted by Gasteiger charge is -2.23. The zero-order valence-electron chi connectivity index (χ0n) is 9.90. The number of hydrogen-bond donors (Lipinski definition) is 0. The first-order valence-corrected chi connectivity index (χ1v) is 6.13. The highest BCUT2D eigenvalue weighted by atomic mass is 19.1. The summed E-state index contributed by atoms with van der Waals surface area (Å²) in [4.78, 5) is 12.4. The minimum Gasteiger partial charge on any atom is -0.293 e.